The second-order valence-corrected chi connectivity index (χ2v) is 5.97. The Labute approximate surface area is 191 Å². The lowest BCUT2D eigenvalue weighted by Gasteiger charge is -2.02. The maximum absolute atomic E-state index is 4.25. The fourth-order valence-electron chi connectivity index (χ4n) is 1.28. The summed E-state index contributed by atoms with van der Waals surface area (Å²) in [4.78, 5) is 0. The van der Waals surface area contributed by atoms with Gasteiger partial charge in [0, 0.05) is 85.3 Å². The smallest absolute Gasteiger partial charge is 0.0351 e. The van der Waals surface area contributed by atoms with E-state index in [4.69, 9.17) is 0 Å². The van der Waals surface area contributed by atoms with Crippen molar-refractivity contribution < 1.29 is 28.4 Å². The van der Waals surface area contributed by atoms with Gasteiger partial charge in [-0.25, -0.2) is 0 Å². The molecule has 1 N–H and O–H groups in total. The van der Waals surface area contributed by atoms with Gasteiger partial charge >= 0.3 is 0 Å². The summed E-state index contributed by atoms with van der Waals surface area (Å²) < 4.78 is 25.5. The van der Waals surface area contributed by atoms with Crippen molar-refractivity contribution >= 4 is 0 Å². The fourth-order valence-corrected chi connectivity index (χ4v) is 1.28. The number of hydrogen-bond acceptors (Lipinski definition) is 7. The molecule has 0 saturated heterocycles. The quantitative estimate of drug-likeness (QED) is 0.503. The van der Waals surface area contributed by atoms with Crippen molar-refractivity contribution in [2.75, 3.05) is 98.4 Å². The molecule has 0 aliphatic heterocycles. The number of rotatable bonds is 9. The third kappa shape index (κ3) is 260. The molecule has 0 aliphatic carbocycles. The van der Waals surface area contributed by atoms with Crippen LogP contribution in [0.5, 0.6) is 0 Å². The predicted molar refractivity (Wildman–Crippen MR) is 134 cm³/mol. The number of unbranched alkanes of at least 4 members (excludes halogenated alkanes) is 5. The van der Waals surface area contributed by atoms with Crippen molar-refractivity contribution in [3.8, 4) is 0 Å². The molecule has 30 heavy (non-hydrogen) atoms. The SMILES string of the molecule is CCCCCCCNCCCC.COC.COC.COC.COC.COC.COC. The van der Waals surface area contributed by atoms with Crippen LogP contribution in [0.3, 0.4) is 0 Å². The fraction of sp³-hybridized carbons (Fsp3) is 1.00. The molecule has 0 rings (SSSR count). The van der Waals surface area contributed by atoms with E-state index in [2.05, 4.69) is 47.6 Å². The van der Waals surface area contributed by atoms with Crippen LogP contribution in [0.4, 0.5) is 0 Å². The van der Waals surface area contributed by atoms with Crippen LogP contribution in [0.25, 0.3) is 0 Å². The van der Waals surface area contributed by atoms with E-state index in [1.54, 1.807) is 85.3 Å². The van der Waals surface area contributed by atoms with E-state index in [1.165, 1.54) is 58.0 Å². The monoisotopic (exact) mass is 447 g/mol. The van der Waals surface area contributed by atoms with Crippen LogP contribution in [0.1, 0.15) is 58.8 Å². The lowest BCUT2D eigenvalue weighted by molar-refractivity contribution is 0.277. The number of ether oxygens (including phenoxy) is 6. The lowest BCUT2D eigenvalue weighted by atomic mass is 10.1. The average molecular weight is 448 g/mol. The molecule has 0 aliphatic rings. The molecule has 0 heterocycles. The summed E-state index contributed by atoms with van der Waals surface area (Å²) in [6.07, 6.45) is 9.60. The molecule has 194 valence electrons. The lowest BCUT2D eigenvalue weighted by Crippen LogP contribution is -2.16. The average Bonchev–Trinajstić information content (AvgIpc) is 2.68. The third-order valence-electron chi connectivity index (χ3n) is 2.16. The van der Waals surface area contributed by atoms with Crippen molar-refractivity contribution in [2.45, 2.75) is 58.8 Å². The molecule has 0 aromatic rings. The number of hydrogen-bond donors (Lipinski definition) is 1. The summed E-state index contributed by atoms with van der Waals surface area (Å²) in [5.41, 5.74) is 0. The minimum absolute atomic E-state index is 1.21. The standard InChI is InChI=1S/C11H25N.6C2H6O/c1-3-5-7-8-9-11-12-10-6-4-2;6*1-3-2/h12H,3-11H2,1-2H3;6*1-2H3. The van der Waals surface area contributed by atoms with Crippen molar-refractivity contribution in [2.24, 2.45) is 0 Å². The predicted octanol–water partition coefficient (Wildman–Crippen LogP) is 4.92. The summed E-state index contributed by atoms with van der Waals surface area (Å²) >= 11 is 0. The maximum Gasteiger partial charge on any atom is 0.0351 e. The largest absolute Gasteiger partial charge is 0.388 e. The molecule has 0 spiro atoms. The van der Waals surface area contributed by atoms with E-state index in [0.29, 0.717) is 0 Å². The minimum atomic E-state index is 1.21. The van der Waals surface area contributed by atoms with Crippen LogP contribution < -0.4 is 5.32 Å². The van der Waals surface area contributed by atoms with E-state index < -0.39 is 0 Å². The third-order valence-corrected chi connectivity index (χ3v) is 2.16. The molecule has 0 atom stereocenters. The van der Waals surface area contributed by atoms with E-state index in [-0.39, 0.29) is 0 Å². The highest BCUT2D eigenvalue weighted by molar-refractivity contribution is 4.48. The Bertz CT molecular complexity index is 130. The molecule has 7 heteroatoms. The molecular weight excluding hydrogens is 386 g/mol. The normalized spacial score (nSPS) is 7.80. The Morgan fingerprint density at radius 2 is 0.600 bits per heavy atom. The zero-order chi connectivity index (χ0) is 25.3. The van der Waals surface area contributed by atoms with Crippen molar-refractivity contribution in [1.82, 2.24) is 5.32 Å². The maximum atomic E-state index is 4.25. The van der Waals surface area contributed by atoms with Crippen LogP contribution >= 0.6 is 0 Å². The van der Waals surface area contributed by atoms with Gasteiger partial charge in [0.15, 0.2) is 0 Å². The zero-order valence-corrected chi connectivity index (χ0v) is 23.3. The van der Waals surface area contributed by atoms with Gasteiger partial charge in [-0.15, -0.1) is 0 Å². The molecule has 0 aromatic carbocycles. The summed E-state index contributed by atoms with van der Waals surface area (Å²) in [6.45, 7) is 6.94. The number of methoxy groups -OCH3 is 6. The first-order valence-corrected chi connectivity index (χ1v) is 10.5. The van der Waals surface area contributed by atoms with Gasteiger partial charge in [-0.3, -0.25) is 0 Å². The van der Waals surface area contributed by atoms with E-state index in [1.807, 2.05) is 0 Å². The Balaban J connectivity index is -0.0000000486. The topological polar surface area (TPSA) is 67.4 Å². The summed E-state index contributed by atoms with van der Waals surface area (Å²) in [5, 5.41) is 3.46. The zero-order valence-electron chi connectivity index (χ0n) is 23.3. The Morgan fingerprint density at radius 1 is 0.367 bits per heavy atom. The van der Waals surface area contributed by atoms with Crippen molar-refractivity contribution in [3.63, 3.8) is 0 Å². The first kappa shape index (κ1) is 47.5. The van der Waals surface area contributed by atoms with Gasteiger partial charge in [0.1, 0.15) is 0 Å². The summed E-state index contributed by atoms with van der Waals surface area (Å²) in [5.74, 6) is 0. The second-order valence-electron chi connectivity index (χ2n) is 5.97. The van der Waals surface area contributed by atoms with Gasteiger partial charge in [0.25, 0.3) is 0 Å². The molecule has 0 aromatic heterocycles. The van der Waals surface area contributed by atoms with Crippen LogP contribution in [-0.2, 0) is 28.4 Å². The Kier molecular flexibility index (Phi) is 141. The van der Waals surface area contributed by atoms with Crippen LogP contribution in [-0.4, -0.2) is 98.4 Å². The van der Waals surface area contributed by atoms with Gasteiger partial charge in [0.2, 0.25) is 0 Å². The highest BCUT2D eigenvalue weighted by Crippen LogP contribution is 2.00. The summed E-state index contributed by atoms with van der Waals surface area (Å²) in [6, 6.07) is 0. The van der Waals surface area contributed by atoms with Crippen LogP contribution in [0.15, 0.2) is 0 Å². The Hall–Kier alpha value is -0.280. The molecule has 0 amide bonds. The van der Waals surface area contributed by atoms with Gasteiger partial charge in [0.05, 0.1) is 0 Å². The van der Waals surface area contributed by atoms with Gasteiger partial charge in [-0.05, 0) is 25.9 Å². The molecule has 0 fully saturated rings. The first-order valence-electron chi connectivity index (χ1n) is 10.5. The Morgan fingerprint density at radius 3 is 0.867 bits per heavy atom. The van der Waals surface area contributed by atoms with Gasteiger partial charge in [-0.2, -0.15) is 0 Å². The highest BCUT2D eigenvalue weighted by atomic mass is 16.5. The van der Waals surface area contributed by atoms with E-state index in [0.717, 1.165) is 0 Å². The van der Waals surface area contributed by atoms with Crippen molar-refractivity contribution in [3.05, 3.63) is 0 Å². The molecule has 0 saturated carbocycles. The van der Waals surface area contributed by atoms with Crippen LogP contribution in [0, 0.1) is 0 Å². The van der Waals surface area contributed by atoms with E-state index in [9.17, 15) is 0 Å². The molecule has 7 nitrogen and oxygen atoms in total. The summed E-state index contributed by atoms with van der Waals surface area (Å²) in [7, 11) is 19.5. The van der Waals surface area contributed by atoms with Crippen molar-refractivity contribution in [1.29, 1.82) is 0 Å². The van der Waals surface area contributed by atoms with E-state index >= 15 is 0 Å². The first-order chi connectivity index (χ1) is 14.4. The molecule has 0 radical (unpaired) electrons. The molecule has 0 bridgehead atoms. The highest BCUT2D eigenvalue weighted by Gasteiger charge is 1.88. The van der Waals surface area contributed by atoms with Gasteiger partial charge < -0.3 is 33.7 Å². The van der Waals surface area contributed by atoms with Gasteiger partial charge in [-0.1, -0.05) is 46.0 Å². The molecule has 0 unspecified atom stereocenters. The minimum Gasteiger partial charge on any atom is -0.388 e. The van der Waals surface area contributed by atoms with Crippen LogP contribution in [0.2, 0.25) is 0 Å². The molecular formula is C23H61NO6. The second kappa shape index (κ2) is 89.3. The number of nitrogens with one attached hydrogen (secondary N) is 1.